The molecule has 0 aliphatic rings. The van der Waals surface area contributed by atoms with E-state index in [1.807, 2.05) is 24.3 Å². The number of nitrogens with one attached hydrogen (secondary N) is 1. The first-order chi connectivity index (χ1) is 7.27. The summed E-state index contributed by atoms with van der Waals surface area (Å²) in [6.45, 7) is 0. The average molecular weight is 216 g/mol. The standard InChI is InChI=1S/C12H12N2S/c13-12(14)7-3-4-9-8-15-11-6-2-1-5-10(9)11/h1-6,8H,7H2,(H3,13,14)/b4-3+. The lowest BCUT2D eigenvalue weighted by atomic mass is 10.1. The zero-order chi connectivity index (χ0) is 10.7. The van der Waals surface area contributed by atoms with E-state index in [2.05, 4.69) is 17.5 Å². The molecule has 2 nitrogen and oxygen atoms in total. The fourth-order valence-electron chi connectivity index (χ4n) is 1.44. The Bertz CT molecular complexity index is 511. The van der Waals surface area contributed by atoms with Crippen molar-refractivity contribution in [3.63, 3.8) is 0 Å². The molecule has 1 aromatic heterocycles. The van der Waals surface area contributed by atoms with Gasteiger partial charge in [0.25, 0.3) is 0 Å². The van der Waals surface area contributed by atoms with Gasteiger partial charge in [0.1, 0.15) is 0 Å². The number of nitrogens with two attached hydrogens (primary N) is 1. The maximum atomic E-state index is 7.12. The molecule has 2 aromatic rings. The molecule has 1 heterocycles. The summed E-state index contributed by atoms with van der Waals surface area (Å²) in [5.41, 5.74) is 6.48. The van der Waals surface area contributed by atoms with Crippen LogP contribution in [0, 0.1) is 5.41 Å². The molecule has 3 heteroatoms. The molecule has 76 valence electrons. The first kappa shape index (κ1) is 9.93. The van der Waals surface area contributed by atoms with Crippen molar-refractivity contribution in [3.05, 3.63) is 41.3 Å². The summed E-state index contributed by atoms with van der Waals surface area (Å²) < 4.78 is 1.29. The molecule has 1 aromatic carbocycles. The Morgan fingerprint density at radius 2 is 2.20 bits per heavy atom. The van der Waals surface area contributed by atoms with Crippen LogP contribution in [0.4, 0.5) is 0 Å². The van der Waals surface area contributed by atoms with Crippen molar-refractivity contribution in [1.82, 2.24) is 0 Å². The van der Waals surface area contributed by atoms with Crippen molar-refractivity contribution in [2.24, 2.45) is 5.73 Å². The Balaban J connectivity index is 2.28. The summed E-state index contributed by atoms with van der Waals surface area (Å²) in [6.07, 6.45) is 4.47. The molecule has 0 radical (unpaired) electrons. The smallest absolute Gasteiger partial charge is 0.0943 e. The zero-order valence-corrected chi connectivity index (χ0v) is 9.05. The van der Waals surface area contributed by atoms with Gasteiger partial charge in [-0.1, -0.05) is 30.4 Å². The third kappa shape index (κ3) is 2.25. The Morgan fingerprint density at radius 1 is 1.40 bits per heavy atom. The lowest BCUT2D eigenvalue weighted by Gasteiger charge is -1.91. The van der Waals surface area contributed by atoms with E-state index in [1.54, 1.807) is 11.3 Å². The van der Waals surface area contributed by atoms with E-state index in [4.69, 9.17) is 11.1 Å². The first-order valence-corrected chi connectivity index (χ1v) is 5.61. The van der Waals surface area contributed by atoms with Gasteiger partial charge in [0.05, 0.1) is 5.84 Å². The second-order valence-corrected chi connectivity index (χ2v) is 4.23. The lowest BCUT2D eigenvalue weighted by Crippen LogP contribution is -2.06. The molecule has 0 aliphatic carbocycles. The summed E-state index contributed by atoms with van der Waals surface area (Å²) >= 11 is 1.74. The van der Waals surface area contributed by atoms with Crippen LogP contribution in [0.15, 0.2) is 35.7 Å². The van der Waals surface area contributed by atoms with Crippen LogP contribution in [-0.4, -0.2) is 5.84 Å². The van der Waals surface area contributed by atoms with Gasteiger partial charge in [-0.15, -0.1) is 11.3 Å². The summed E-state index contributed by atoms with van der Waals surface area (Å²) in [7, 11) is 0. The third-order valence-corrected chi connectivity index (χ3v) is 3.13. The molecule has 0 atom stereocenters. The van der Waals surface area contributed by atoms with Crippen LogP contribution in [0.1, 0.15) is 12.0 Å². The van der Waals surface area contributed by atoms with Crippen LogP contribution >= 0.6 is 11.3 Å². The molecule has 0 amide bonds. The number of hydrogen-bond acceptors (Lipinski definition) is 2. The fourth-order valence-corrected chi connectivity index (χ4v) is 2.37. The van der Waals surface area contributed by atoms with Crippen LogP contribution in [0.5, 0.6) is 0 Å². The number of amidine groups is 1. The second kappa shape index (κ2) is 4.28. The number of thiophene rings is 1. The topological polar surface area (TPSA) is 49.9 Å². The minimum Gasteiger partial charge on any atom is -0.387 e. The van der Waals surface area contributed by atoms with Gasteiger partial charge < -0.3 is 5.73 Å². The highest BCUT2D eigenvalue weighted by molar-refractivity contribution is 7.17. The van der Waals surface area contributed by atoms with Gasteiger partial charge >= 0.3 is 0 Å². The zero-order valence-electron chi connectivity index (χ0n) is 8.23. The molecule has 0 fully saturated rings. The Kier molecular flexibility index (Phi) is 2.83. The number of rotatable bonds is 3. The van der Waals surface area contributed by atoms with Crippen molar-refractivity contribution in [2.75, 3.05) is 0 Å². The van der Waals surface area contributed by atoms with E-state index in [9.17, 15) is 0 Å². The Labute approximate surface area is 92.5 Å². The normalized spacial score (nSPS) is 11.2. The van der Waals surface area contributed by atoms with Crippen LogP contribution < -0.4 is 5.73 Å². The SMILES string of the molecule is N=C(N)C/C=C/c1csc2ccccc12. The van der Waals surface area contributed by atoms with Gasteiger partial charge in [-0.25, -0.2) is 0 Å². The highest BCUT2D eigenvalue weighted by Gasteiger charge is 1.98. The van der Waals surface area contributed by atoms with Crippen molar-refractivity contribution in [2.45, 2.75) is 6.42 Å². The van der Waals surface area contributed by atoms with E-state index in [0.29, 0.717) is 6.42 Å². The number of hydrogen-bond donors (Lipinski definition) is 2. The maximum Gasteiger partial charge on any atom is 0.0943 e. The molecule has 2 rings (SSSR count). The quantitative estimate of drug-likeness (QED) is 0.600. The predicted octanol–water partition coefficient (Wildman–Crippen LogP) is 3.24. The number of fused-ring (bicyclic) bond motifs is 1. The molecule has 3 N–H and O–H groups in total. The van der Waals surface area contributed by atoms with Gasteiger partial charge in [-0.2, -0.15) is 0 Å². The first-order valence-electron chi connectivity index (χ1n) is 4.73. The summed E-state index contributed by atoms with van der Waals surface area (Å²) in [5.74, 6) is 0.200. The fraction of sp³-hybridized carbons (Fsp3) is 0.0833. The highest BCUT2D eigenvalue weighted by atomic mass is 32.1. The van der Waals surface area contributed by atoms with Crippen LogP contribution in [0.25, 0.3) is 16.2 Å². The van der Waals surface area contributed by atoms with Crippen LogP contribution in [-0.2, 0) is 0 Å². The maximum absolute atomic E-state index is 7.12. The van der Waals surface area contributed by atoms with Gasteiger partial charge in [0.15, 0.2) is 0 Å². The monoisotopic (exact) mass is 216 g/mol. The van der Waals surface area contributed by atoms with Crippen molar-refractivity contribution in [3.8, 4) is 0 Å². The number of benzene rings is 1. The largest absolute Gasteiger partial charge is 0.387 e. The predicted molar refractivity (Wildman–Crippen MR) is 67.4 cm³/mol. The molecule has 15 heavy (non-hydrogen) atoms. The lowest BCUT2D eigenvalue weighted by molar-refractivity contribution is 1.32. The highest BCUT2D eigenvalue weighted by Crippen LogP contribution is 2.26. The molecular formula is C12H12N2S. The molecule has 0 unspecified atom stereocenters. The summed E-state index contributed by atoms with van der Waals surface area (Å²) in [6, 6.07) is 8.31. The van der Waals surface area contributed by atoms with Gasteiger partial charge in [-0.3, -0.25) is 5.41 Å². The van der Waals surface area contributed by atoms with Crippen molar-refractivity contribution >= 4 is 33.3 Å². The molecule has 0 saturated heterocycles. The minimum atomic E-state index is 0.200. The van der Waals surface area contributed by atoms with Crippen LogP contribution in [0.3, 0.4) is 0 Å². The van der Waals surface area contributed by atoms with E-state index in [1.165, 1.54) is 15.6 Å². The van der Waals surface area contributed by atoms with Gasteiger partial charge in [0, 0.05) is 11.1 Å². The van der Waals surface area contributed by atoms with Crippen LogP contribution in [0.2, 0.25) is 0 Å². The molecule has 0 bridgehead atoms. The molecule has 0 aliphatic heterocycles. The summed E-state index contributed by atoms with van der Waals surface area (Å²) in [5, 5.41) is 10.5. The van der Waals surface area contributed by atoms with E-state index >= 15 is 0 Å². The molecular weight excluding hydrogens is 204 g/mol. The minimum absolute atomic E-state index is 0.200. The van der Waals surface area contributed by atoms with Gasteiger partial charge in [-0.05, 0) is 22.4 Å². The van der Waals surface area contributed by atoms with E-state index < -0.39 is 0 Å². The van der Waals surface area contributed by atoms with E-state index in [-0.39, 0.29) is 5.84 Å². The van der Waals surface area contributed by atoms with Gasteiger partial charge in [0.2, 0.25) is 0 Å². The molecule has 0 saturated carbocycles. The second-order valence-electron chi connectivity index (χ2n) is 3.32. The third-order valence-electron chi connectivity index (χ3n) is 2.15. The van der Waals surface area contributed by atoms with E-state index in [0.717, 1.165) is 0 Å². The summed E-state index contributed by atoms with van der Waals surface area (Å²) in [4.78, 5) is 0. The van der Waals surface area contributed by atoms with Crippen molar-refractivity contribution in [1.29, 1.82) is 5.41 Å². The Hall–Kier alpha value is -1.61. The Morgan fingerprint density at radius 3 is 3.00 bits per heavy atom. The molecule has 0 spiro atoms. The average Bonchev–Trinajstić information content (AvgIpc) is 2.62. The van der Waals surface area contributed by atoms with Crippen molar-refractivity contribution < 1.29 is 0 Å².